The molecule has 1 aromatic rings. The summed E-state index contributed by atoms with van der Waals surface area (Å²) < 4.78 is 0. The number of benzene rings is 1. The molecule has 0 saturated heterocycles. The Hall–Kier alpha value is -1.84. The molecule has 1 aromatic carbocycles. The molecule has 0 radical (unpaired) electrons. The summed E-state index contributed by atoms with van der Waals surface area (Å²) in [5, 5.41) is 9.97. The van der Waals surface area contributed by atoms with Gasteiger partial charge in [0, 0.05) is 17.7 Å². The van der Waals surface area contributed by atoms with E-state index in [1.807, 2.05) is 6.07 Å². The van der Waals surface area contributed by atoms with Crippen LogP contribution in [-0.2, 0) is 0 Å². The predicted octanol–water partition coefficient (Wildman–Crippen LogP) is 5.31. The molecule has 27 heavy (non-hydrogen) atoms. The Labute approximate surface area is 163 Å². The number of urea groups is 1. The number of hydrogen-bond acceptors (Lipinski definition) is 2. The molecule has 0 spiro atoms. The summed E-state index contributed by atoms with van der Waals surface area (Å²) in [5.41, 5.74) is 2.05. The summed E-state index contributed by atoms with van der Waals surface area (Å²) in [6.45, 7) is 6.53. The van der Waals surface area contributed by atoms with E-state index >= 15 is 0 Å². The molecule has 4 heteroatoms. The molecule has 2 fully saturated rings. The Morgan fingerprint density at radius 1 is 1.22 bits per heavy atom. The van der Waals surface area contributed by atoms with Crippen molar-refractivity contribution in [3.8, 4) is 0 Å². The normalized spacial score (nSPS) is 31.2. The number of hydrogen-bond donors (Lipinski definition) is 1. The van der Waals surface area contributed by atoms with Crippen molar-refractivity contribution in [2.75, 3.05) is 0 Å². The number of carbonyl (C=O) groups is 1. The molecule has 4 atom stereocenters. The van der Waals surface area contributed by atoms with Crippen LogP contribution in [0.3, 0.4) is 0 Å². The van der Waals surface area contributed by atoms with Gasteiger partial charge < -0.3 is 5.32 Å². The van der Waals surface area contributed by atoms with E-state index in [-0.39, 0.29) is 17.5 Å². The van der Waals surface area contributed by atoms with Crippen molar-refractivity contribution in [2.24, 2.45) is 16.9 Å². The highest BCUT2D eigenvalue weighted by Crippen LogP contribution is 2.45. The molecule has 0 aromatic heterocycles. The number of carbonyl (C=O) groups excluding carboxylic acids is 1. The average molecular weight is 368 g/mol. The van der Waals surface area contributed by atoms with Gasteiger partial charge in [-0.25, -0.2) is 9.80 Å². The van der Waals surface area contributed by atoms with Gasteiger partial charge in [-0.2, -0.15) is 5.10 Å². The average Bonchev–Trinajstić information content (AvgIpc) is 3.33. The molecule has 2 bridgehead atoms. The molecule has 1 heterocycles. The minimum absolute atomic E-state index is 0.00928. The first kappa shape index (κ1) is 18.5. The van der Waals surface area contributed by atoms with Gasteiger partial charge in [-0.05, 0) is 63.4 Å². The van der Waals surface area contributed by atoms with Gasteiger partial charge in [0.25, 0.3) is 0 Å². The standard InChI is InChI=1S/C23H33N3O/c1-4-5-11-19-21(17-9-7-6-8-10-17)23(2,3)26(25-19)22(27)24-20-15-16-12-13-18(20)14-16/h6-10,16,18,20-21H,4-5,11-15H2,1-3H3,(H,24,27)/t16?,18-,20+,21?/m0/s1. The van der Waals surface area contributed by atoms with Crippen LogP contribution in [0.5, 0.6) is 0 Å². The molecule has 2 amide bonds. The first-order valence-corrected chi connectivity index (χ1v) is 10.7. The van der Waals surface area contributed by atoms with E-state index in [0.29, 0.717) is 12.0 Å². The molecular weight excluding hydrogens is 334 g/mol. The molecule has 4 rings (SSSR count). The van der Waals surface area contributed by atoms with Gasteiger partial charge in [0.2, 0.25) is 0 Å². The molecule has 146 valence electrons. The summed E-state index contributed by atoms with van der Waals surface area (Å²) in [6, 6.07) is 10.9. The second-order valence-corrected chi connectivity index (χ2v) is 9.23. The van der Waals surface area contributed by atoms with Crippen molar-refractivity contribution in [2.45, 2.75) is 83.2 Å². The lowest BCUT2D eigenvalue weighted by Crippen LogP contribution is -2.52. The highest BCUT2D eigenvalue weighted by Gasteiger charge is 2.48. The molecule has 2 unspecified atom stereocenters. The Balaban J connectivity index is 1.56. The third-order valence-corrected chi connectivity index (χ3v) is 6.97. The van der Waals surface area contributed by atoms with Crippen LogP contribution >= 0.6 is 0 Å². The highest BCUT2D eigenvalue weighted by molar-refractivity contribution is 5.96. The summed E-state index contributed by atoms with van der Waals surface area (Å²) in [4.78, 5) is 13.2. The van der Waals surface area contributed by atoms with E-state index in [9.17, 15) is 4.79 Å². The van der Waals surface area contributed by atoms with Crippen molar-refractivity contribution < 1.29 is 4.79 Å². The van der Waals surface area contributed by atoms with Crippen LogP contribution in [0.1, 0.15) is 77.2 Å². The Morgan fingerprint density at radius 3 is 2.63 bits per heavy atom. The van der Waals surface area contributed by atoms with E-state index in [0.717, 1.165) is 37.3 Å². The van der Waals surface area contributed by atoms with Gasteiger partial charge in [-0.1, -0.05) is 50.1 Å². The van der Waals surface area contributed by atoms with Crippen LogP contribution in [0, 0.1) is 11.8 Å². The van der Waals surface area contributed by atoms with E-state index in [2.05, 4.69) is 50.4 Å². The van der Waals surface area contributed by atoms with Crippen molar-refractivity contribution in [1.29, 1.82) is 0 Å². The quantitative estimate of drug-likeness (QED) is 0.753. The highest BCUT2D eigenvalue weighted by atomic mass is 16.2. The third-order valence-electron chi connectivity index (χ3n) is 6.97. The fraction of sp³-hybridized carbons (Fsp3) is 0.652. The predicted molar refractivity (Wildman–Crippen MR) is 110 cm³/mol. The largest absolute Gasteiger partial charge is 0.338 e. The Kier molecular flexibility index (Phi) is 5.00. The van der Waals surface area contributed by atoms with E-state index < -0.39 is 0 Å². The lowest BCUT2D eigenvalue weighted by Gasteiger charge is -2.36. The van der Waals surface area contributed by atoms with E-state index in [1.165, 1.54) is 24.8 Å². The molecule has 4 nitrogen and oxygen atoms in total. The van der Waals surface area contributed by atoms with Gasteiger partial charge in [-0.3, -0.25) is 0 Å². The minimum Gasteiger partial charge on any atom is -0.333 e. The van der Waals surface area contributed by atoms with Crippen LogP contribution in [0.2, 0.25) is 0 Å². The number of fused-ring (bicyclic) bond motifs is 2. The summed E-state index contributed by atoms with van der Waals surface area (Å²) >= 11 is 0. The first-order chi connectivity index (χ1) is 13.0. The number of unbranched alkanes of at least 4 members (excludes halogenated alkanes) is 1. The Morgan fingerprint density at radius 2 is 2.00 bits per heavy atom. The van der Waals surface area contributed by atoms with Gasteiger partial charge >= 0.3 is 6.03 Å². The fourth-order valence-electron chi connectivity index (χ4n) is 5.59. The van der Waals surface area contributed by atoms with Crippen LogP contribution in [-0.4, -0.2) is 28.3 Å². The van der Waals surface area contributed by atoms with Crippen LogP contribution in [0.4, 0.5) is 4.79 Å². The molecule has 2 aliphatic carbocycles. The third kappa shape index (κ3) is 3.39. The molecule has 1 N–H and O–H groups in total. The van der Waals surface area contributed by atoms with E-state index in [1.54, 1.807) is 5.01 Å². The molecule has 2 saturated carbocycles. The zero-order valence-electron chi connectivity index (χ0n) is 16.9. The monoisotopic (exact) mass is 367 g/mol. The summed E-state index contributed by atoms with van der Waals surface area (Å²) in [7, 11) is 0. The van der Waals surface area contributed by atoms with Crippen molar-refractivity contribution in [1.82, 2.24) is 10.3 Å². The lowest BCUT2D eigenvalue weighted by atomic mass is 9.78. The minimum atomic E-state index is -0.355. The maximum absolute atomic E-state index is 13.2. The van der Waals surface area contributed by atoms with E-state index in [4.69, 9.17) is 5.10 Å². The maximum Gasteiger partial charge on any atom is 0.338 e. The van der Waals surface area contributed by atoms with Crippen molar-refractivity contribution in [3.63, 3.8) is 0 Å². The second kappa shape index (κ2) is 7.29. The zero-order chi connectivity index (χ0) is 19.0. The van der Waals surface area contributed by atoms with Gasteiger partial charge in [0.15, 0.2) is 0 Å². The first-order valence-electron chi connectivity index (χ1n) is 10.7. The topological polar surface area (TPSA) is 44.7 Å². The Bertz CT molecular complexity index is 712. The van der Waals surface area contributed by atoms with Crippen LogP contribution in [0.15, 0.2) is 35.4 Å². The van der Waals surface area contributed by atoms with Gasteiger partial charge in [0.1, 0.15) is 0 Å². The van der Waals surface area contributed by atoms with Crippen molar-refractivity contribution >= 4 is 11.7 Å². The maximum atomic E-state index is 13.2. The summed E-state index contributed by atoms with van der Waals surface area (Å²) in [5.74, 6) is 1.67. The fourth-order valence-corrected chi connectivity index (χ4v) is 5.59. The number of nitrogens with one attached hydrogen (secondary N) is 1. The number of rotatable bonds is 5. The number of nitrogens with zero attached hydrogens (tertiary/aromatic N) is 2. The number of amides is 2. The SMILES string of the molecule is CCCCC1=NN(C(=O)N[C@@H]2CC3CC[C@H]2C3)C(C)(C)C1c1ccccc1. The van der Waals surface area contributed by atoms with Gasteiger partial charge in [0.05, 0.1) is 5.54 Å². The van der Waals surface area contributed by atoms with Crippen LogP contribution < -0.4 is 5.32 Å². The smallest absolute Gasteiger partial charge is 0.333 e. The van der Waals surface area contributed by atoms with Crippen LogP contribution in [0.25, 0.3) is 0 Å². The van der Waals surface area contributed by atoms with Gasteiger partial charge in [-0.15, -0.1) is 0 Å². The number of hydrazone groups is 1. The lowest BCUT2D eigenvalue weighted by molar-refractivity contribution is 0.140. The summed E-state index contributed by atoms with van der Waals surface area (Å²) in [6.07, 6.45) is 8.28. The van der Waals surface area contributed by atoms with Crippen molar-refractivity contribution in [3.05, 3.63) is 35.9 Å². The molecular formula is C23H33N3O. The zero-order valence-corrected chi connectivity index (χ0v) is 16.9. The molecule has 1 aliphatic heterocycles. The molecule has 3 aliphatic rings. The second-order valence-electron chi connectivity index (χ2n) is 9.23.